The molecule has 0 saturated heterocycles. The van der Waals surface area contributed by atoms with Crippen LogP contribution >= 0.6 is 0 Å². The molecule has 11 aromatic carbocycles. The fraction of sp³-hybridized carbons (Fsp3) is 0.0380. The quantitative estimate of drug-likeness (QED) is 0.121. The summed E-state index contributed by atoms with van der Waals surface area (Å²) in [5, 5.41) is 2.13. The Balaban J connectivity index is 0.887. The maximum Gasteiger partial charge on any atom is 0.238 e. The SMILES string of the molecule is CC1C=CC(c2nc(-c3cccc(-c4cc(-c5ccccc5)cc(-c5ccccc5)c4)c3)nc(-c3cccc(-c4cccc5c4c4cc(-c6ccccc6)ccc4n5-c4nc(-c5ccccc5)nc(-c5cccc(-c6ccccc6)c5)n4)c3)n2)=CC1. The van der Waals surface area contributed by atoms with E-state index in [1.165, 1.54) is 0 Å². The number of rotatable bonds is 12. The smallest absolute Gasteiger partial charge is 0.238 e. The third-order valence-electron chi connectivity index (χ3n) is 16.2. The highest BCUT2D eigenvalue weighted by Gasteiger charge is 2.23. The van der Waals surface area contributed by atoms with Crippen molar-refractivity contribution in [2.24, 2.45) is 5.92 Å². The summed E-state index contributed by atoms with van der Waals surface area (Å²) in [5.74, 6) is 3.94. The van der Waals surface area contributed by atoms with Gasteiger partial charge in [0.2, 0.25) is 5.95 Å². The molecule has 0 fully saturated rings. The molecule has 406 valence electrons. The lowest BCUT2D eigenvalue weighted by molar-refractivity contribution is 0.738. The molecule has 0 amide bonds. The summed E-state index contributed by atoms with van der Waals surface area (Å²) < 4.78 is 2.21. The van der Waals surface area contributed by atoms with Crippen LogP contribution in [0.5, 0.6) is 0 Å². The van der Waals surface area contributed by atoms with Gasteiger partial charge in [0.15, 0.2) is 29.1 Å². The van der Waals surface area contributed by atoms with Crippen LogP contribution in [0.15, 0.2) is 297 Å². The van der Waals surface area contributed by atoms with Crippen LogP contribution in [0, 0.1) is 5.92 Å². The number of allylic oxidation sites excluding steroid dienone is 4. The second-order valence-electron chi connectivity index (χ2n) is 22.0. The van der Waals surface area contributed by atoms with Gasteiger partial charge in [-0.15, -0.1) is 0 Å². The average molecular weight is 1100 g/mol. The van der Waals surface area contributed by atoms with Crippen molar-refractivity contribution in [3.8, 4) is 118 Å². The van der Waals surface area contributed by atoms with Gasteiger partial charge in [0.25, 0.3) is 0 Å². The van der Waals surface area contributed by atoms with Crippen LogP contribution < -0.4 is 0 Å². The lowest BCUT2D eigenvalue weighted by Gasteiger charge is -2.14. The van der Waals surface area contributed by atoms with Crippen LogP contribution in [0.25, 0.3) is 146 Å². The van der Waals surface area contributed by atoms with Crippen LogP contribution in [0.1, 0.15) is 19.2 Å². The number of nitrogens with zero attached hydrogens (tertiary/aromatic N) is 7. The minimum Gasteiger partial charge on any atom is -0.278 e. The van der Waals surface area contributed by atoms with Crippen molar-refractivity contribution in [3.05, 3.63) is 303 Å². The van der Waals surface area contributed by atoms with Gasteiger partial charge in [-0.3, -0.25) is 4.57 Å². The average Bonchev–Trinajstić information content (AvgIpc) is 1.89. The highest BCUT2D eigenvalue weighted by molar-refractivity contribution is 6.16. The zero-order chi connectivity index (χ0) is 57.3. The van der Waals surface area contributed by atoms with Crippen LogP contribution in [-0.2, 0) is 0 Å². The van der Waals surface area contributed by atoms with E-state index in [0.717, 1.165) is 123 Å². The van der Waals surface area contributed by atoms with Crippen molar-refractivity contribution in [1.82, 2.24) is 34.5 Å². The largest absolute Gasteiger partial charge is 0.278 e. The number of aromatic nitrogens is 7. The van der Waals surface area contributed by atoms with Crippen LogP contribution in [0.3, 0.4) is 0 Å². The van der Waals surface area contributed by atoms with E-state index in [0.29, 0.717) is 41.0 Å². The van der Waals surface area contributed by atoms with E-state index in [4.69, 9.17) is 29.9 Å². The molecular weight excluding hydrogens is 1050 g/mol. The molecule has 0 radical (unpaired) electrons. The summed E-state index contributed by atoms with van der Waals surface area (Å²) in [4.78, 5) is 31.9. The Hall–Kier alpha value is -11.3. The Morgan fingerprint density at radius 1 is 0.302 bits per heavy atom. The summed E-state index contributed by atoms with van der Waals surface area (Å²) in [6.45, 7) is 2.23. The van der Waals surface area contributed by atoms with Gasteiger partial charge in [0.1, 0.15) is 0 Å². The maximum atomic E-state index is 5.39. The number of benzene rings is 11. The predicted octanol–water partition coefficient (Wildman–Crippen LogP) is 19.8. The lowest BCUT2D eigenvalue weighted by atomic mass is 9.93. The van der Waals surface area contributed by atoms with Gasteiger partial charge in [-0.1, -0.05) is 250 Å². The minimum absolute atomic E-state index is 0.424. The number of fused-ring (bicyclic) bond motifs is 3. The Labute approximate surface area is 499 Å². The molecule has 86 heavy (non-hydrogen) atoms. The van der Waals surface area contributed by atoms with E-state index in [1.54, 1.807) is 0 Å². The highest BCUT2D eigenvalue weighted by atomic mass is 15.2. The molecule has 14 aromatic rings. The molecule has 1 aliphatic rings. The maximum absolute atomic E-state index is 5.39. The topological polar surface area (TPSA) is 82.3 Å². The minimum atomic E-state index is 0.424. The third kappa shape index (κ3) is 10.2. The molecule has 3 heterocycles. The van der Waals surface area contributed by atoms with Crippen molar-refractivity contribution < 1.29 is 0 Å². The van der Waals surface area contributed by atoms with E-state index >= 15 is 0 Å². The van der Waals surface area contributed by atoms with E-state index in [2.05, 4.69) is 285 Å². The van der Waals surface area contributed by atoms with Gasteiger partial charge < -0.3 is 0 Å². The second kappa shape index (κ2) is 22.5. The fourth-order valence-electron chi connectivity index (χ4n) is 11.8. The molecule has 1 unspecified atom stereocenters. The Bertz CT molecular complexity index is 4840. The Kier molecular flexibility index (Phi) is 13.5. The molecular formula is C79H55N7. The van der Waals surface area contributed by atoms with Crippen LogP contribution in [-0.4, -0.2) is 34.5 Å². The van der Waals surface area contributed by atoms with E-state index in [-0.39, 0.29) is 0 Å². The summed E-state index contributed by atoms with van der Waals surface area (Å²) in [5.41, 5.74) is 19.8. The lowest BCUT2D eigenvalue weighted by Crippen LogP contribution is -2.06. The van der Waals surface area contributed by atoms with E-state index < -0.39 is 0 Å². The van der Waals surface area contributed by atoms with Crippen molar-refractivity contribution >= 4 is 27.4 Å². The van der Waals surface area contributed by atoms with E-state index in [9.17, 15) is 0 Å². The monoisotopic (exact) mass is 1100 g/mol. The van der Waals surface area contributed by atoms with Crippen molar-refractivity contribution in [2.75, 3.05) is 0 Å². The van der Waals surface area contributed by atoms with Gasteiger partial charge in [-0.25, -0.2) is 19.9 Å². The molecule has 1 atom stereocenters. The standard InChI is InChI=1S/C79H55N7/c1-52-39-41-58(42-40-52)74-80-76(63-34-18-32-60(46-63)68-49-66(55-25-11-4-12-26-55)48-67(50-68)56-27-13-5-14-28-56)83-77(81-74)65-36-19-33-62(47-65)69-37-20-38-72-73(69)70-51-61(54-23-9-3-10-24-54)43-44-71(70)86(72)79-84-75(57-29-15-6-16-30-57)82-78(85-79)64-35-17-31-59(45-64)53-21-7-2-8-22-53/h2-39,41-52H,40H2,1H3. The van der Waals surface area contributed by atoms with Gasteiger partial charge in [0.05, 0.1) is 11.0 Å². The highest BCUT2D eigenvalue weighted by Crippen LogP contribution is 2.42. The molecule has 7 heteroatoms. The molecule has 0 N–H and O–H groups in total. The fourth-order valence-corrected chi connectivity index (χ4v) is 11.8. The molecule has 1 aliphatic carbocycles. The summed E-state index contributed by atoms with van der Waals surface area (Å²) in [6.07, 6.45) is 7.55. The molecule has 0 spiro atoms. The first kappa shape index (κ1) is 51.6. The Morgan fingerprint density at radius 3 is 1.21 bits per heavy atom. The second-order valence-corrected chi connectivity index (χ2v) is 22.0. The molecule has 3 aromatic heterocycles. The van der Waals surface area contributed by atoms with Gasteiger partial charge in [-0.05, 0) is 134 Å². The molecule has 0 aliphatic heterocycles. The van der Waals surface area contributed by atoms with Gasteiger partial charge >= 0.3 is 0 Å². The van der Waals surface area contributed by atoms with Crippen LogP contribution in [0.4, 0.5) is 0 Å². The zero-order valence-corrected chi connectivity index (χ0v) is 47.2. The third-order valence-corrected chi connectivity index (χ3v) is 16.2. The van der Waals surface area contributed by atoms with Crippen molar-refractivity contribution in [3.63, 3.8) is 0 Å². The zero-order valence-electron chi connectivity index (χ0n) is 47.2. The first-order valence-electron chi connectivity index (χ1n) is 29.2. The van der Waals surface area contributed by atoms with Crippen LogP contribution in [0.2, 0.25) is 0 Å². The molecule has 0 saturated carbocycles. The van der Waals surface area contributed by atoms with Crippen molar-refractivity contribution in [2.45, 2.75) is 13.3 Å². The van der Waals surface area contributed by atoms with E-state index in [1.807, 2.05) is 24.3 Å². The normalized spacial score (nSPS) is 13.0. The van der Waals surface area contributed by atoms with Gasteiger partial charge in [0, 0.05) is 38.6 Å². The number of hydrogen-bond acceptors (Lipinski definition) is 6. The molecule has 0 bridgehead atoms. The number of hydrogen-bond donors (Lipinski definition) is 0. The van der Waals surface area contributed by atoms with Gasteiger partial charge in [-0.2, -0.15) is 9.97 Å². The predicted molar refractivity (Wildman–Crippen MR) is 353 cm³/mol. The molecule has 7 nitrogen and oxygen atoms in total. The molecule has 15 rings (SSSR count). The Morgan fingerprint density at radius 2 is 0.686 bits per heavy atom. The summed E-state index contributed by atoms with van der Waals surface area (Å²) in [7, 11) is 0. The summed E-state index contributed by atoms with van der Waals surface area (Å²) >= 11 is 0. The van der Waals surface area contributed by atoms with Crippen molar-refractivity contribution in [1.29, 1.82) is 0 Å². The first-order valence-corrected chi connectivity index (χ1v) is 29.2. The summed E-state index contributed by atoms with van der Waals surface area (Å²) in [6, 6.07) is 98.1. The first-order chi connectivity index (χ1) is 42.5.